The van der Waals surface area contributed by atoms with E-state index in [2.05, 4.69) is 6.92 Å². The Balaban J connectivity index is 1.35. The molecule has 134 valence electrons. The van der Waals surface area contributed by atoms with Crippen molar-refractivity contribution >= 4 is 0 Å². The van der Waals surface area contributed by atoms with Crippen LogP contribution in [0.2, 0.25) is 0 Å². The molecule has 3 atom stereocenters. The average molecular weight is 325 g/mol. The molecule has 0 aliphatic heterocycles. The number of rotatable bonds is 4. The van der Waals surface area contributed by atoms with Crippen molar-refractivity contribution in [2.24, 2.45) is 29.6 Å². The smallest absolute Gasteiger partial charge is 0.106 e. The minimum Gasteiger partial charge on any atom is -0.393 e. The van der Waals surface area contributed by atoms with Gasteiger partial charge < -0.3 is 5.11 Å². The van der Waals surface area contributed by atoms with Gasteiger partial charge in [-0.05, 0) is 55.3 Å². The van der Waals surface area contributed by atoms with Gasteiger partial charge in [0.15, 0.2) is 0 Å². The summed E-state index contributed by atoms with van der Waals surface area (Å²) in [4.78, 5) is 0. The van der Waals surface area contributed by atoms with Crippen molar-refractivity contribution in [1.29, 1.82) is 0 Å². The van der Waals surface area contributed by atoms with Crippen molar-refractivity contribution in [2.75, 3.05) is 0 Å². The van der Waals surface area contributed by atoms with E-state index in [9.17, 15) is 9.50 Å². The standard InChI is InChI=1S/C21H37FO/c1-15-2-4-16(5-3-15)6-7-17-8-10-18(11-9-17)20-13-12-19(23)14-21(20)22/h15-21,23H,2-14H2,1H3. The van der Waals surface area contributed by atoms with Crippen molar-refractivity contribution in [3.8, 4) is 0 Å². The number of hydrogen-bond donors (Lipinski definition) is 1. The maximum Gasteiger partial charge on any atom is 0.106 e. The SMILES string of the molecule is CC1CCC(CCC2CCC(C3CCC(O)CC3F)CC2)CC1. The molecule has 0 bridgehead atoms. The molecule has 0 radical (unpaired) electrons. The summed E-state index contributed by atoms with van der Waals surface area (Å²) in [7, 11) is 0. The van der Waals surface area contributed by atoms with E-state index in [0.29, 0.717) is 12.3 Å². The van der Waals surface area contributed by atoms with Gasteiger partial charge in [0.25, 0.3) is 0 Å². The highest BCUT2D eigenvalue weighted by molar-refractivity contribution is 4.87. The molecule has 1 nitrogen and oxygen atoms in total. The average Bonchev–Trinajstić information content (AvgIpc) is 2.55. The second-order valence-electron chi connectivity index (χ2n) is 9.13. The Morgan fingerprint density at radius 3 is 1.91 bits per heavy atom. The molecule has 0 amide bonds. The molecule has 3 rings (SSSR count). The Kier molecular flexibility index (Phi) is 6.40. The lowest BCUT2D eigenvalue weighted by Gasteiger charge is -2.39. The summed E-state index contributed by atoms with van der Waals surface area (Å²) in [6.07, 6.45) is 14.9. The maximum atomic E-state index is 14.2. The first-order chi connectivity index (χ1) is 11.1. The fourth-order valence-corrected chi connectivity index (χ4v) is 5.64. The Morgan fingerprint density at radius 1 is 0.783 bits per heavy atom. The van der Waals surface area contributed by atoms with Crippen molar-refractivity contribution in [3.63, 3.8) is 0 Å². The fraction of sp³-hybridized carbons (Fsp3) is 1.00. The van der Waals surface area contributed by atoms with E-state index in [-0.39, 0.29) is 12.0 Å². The van der Waals surface area contributed by atoms with E-state index >= 15 is 0 Å². The van der Waals surface area contributed by atoms with Crippen LogP contribution in [-0.2, 0) is 0 Å². The predicted octanol–water partition coefficient (Wildman–Crippen LogP) is 5.90. The number of hydrogen-bond acceptors (Lipinski definition) is 1. The van der Waals surface area contributed by atoms with Gasteiger partial charge in [-0.15, -0.1) is 0 Å². The lowest BCUT2D eigenvalue weighted by atomic mass is 9.68. The monoisotopic (exact) mass is 324 g/mol. The summed E-state index contributed by atoms with van der Waals surface area (Å²) in [5.41, 5.74) is 0. The zero-order valence-electron chi connectivity index (χ0n) is 15.1. The summed E-state index contributed by atoms with van der Waals surface area (Å²) in [6, 6.07) is 0. The molecule has 3 saturated carbocycles. The molecule has 0 aromatic carbocycles. The summed E-state index contributed by atoms with van der Waals surface area (Å²) >= 11 is 0. The zero-order valence-corrected chi connectivity index (χ0v) is 15.1. The predicted molar refractivity (Wildman–Crippen MR) is 94.0 cm³/mol. The molecule has 3 fully saturated rings. The molecule has 0 saturated heterocycles. The minimum absolute atomic E-state index is 0.249. The van der Waals surface area contributed by atoms with Crippen LogP contribution >= 0.6 is 0 Å². The second kappa shape index (κ2) is 8.32. The van der Waals surface area contributed by atoms with Crippen LogP contribution in [0.15, 0.2) is 0 Å². The van der Waals surface area contributed by atoms with E-state index in [4.69, 9.17) is 0 Å². The lowest BCUT2D eigenvalue weighted by molar-refractivity contribution is 0.0137. The van der Waals surface area contributed by atoms with Crippen molar-refractivity contribution in [3.05, 3.63) is 0 Å². The van der Waals surface area contributed by atoms with Crippen LogP contribution in [0.3, 0.4) is 0 Å². The van der Waals surface area contributed by atoms with Crippen molar-refractivity contribution in [1.82, 2.24) is 0 Å². The third kappa shape index (κ3) is 4.94. The van der Waals surface area contributed by atoms with Gasteiger partial charge in [-0.25, -0.2) is 4.39 Å². The topological polar surface area (TPSA) is 20.2 Å². The van der Waals surface area contributed by atoms with E-state index in [1.54, 1.807) is 0 Å². The highest BCUT2D eigenvalue weighted by Gasteiger charge is 2.36. The third-order valence-electron chi connectivity index (χ3n) is 7.41. The summed E-state index contributed by atoms with van der Waals surface area (Å²) in [5, 5.41) is 9.61. The number of alkyl halides is 1. The first kappa shape index (κ1) is 17.7. The van der Waals surface area contributed by atoms with Gasteiger partial charge in [-0.3, -0.25) is 0 Å². The van der Waals surface area contributed by atoms with Crippen LogP contribution in [0.4, 0.5) is 4.39 Å². The molecule has 0 heterocycles. The van der Waals surface area contributed by atoms with E-state index in [1.165, 1.54) is 64.2 Å². The van der Waals surface area contributed by atoms with Crippen LogP contribution in [-0.4, -0.2) is 17.4 Å². The Hall–Kier alpha value is -0.110. The molecule has 3 aliphatic carbocycles. The number of halogens is 1. The van der Waals surface area contributed by atoms with Gasteiger partial charge in [0.2, 0.25) is 0 Å². The summed E-state index contributed by atoms with van der Waals surface area (Å²) < 4.78 is 14.2. The van der Waals surface area contributed by atoms with Crippen LogP contribution in [0.5, 0.6) is 0 Å². The molecule has 0 spiro atoms. The van der Waals surface area contributed by atoms with E-state index in [0.717, 1.165) is 30.6 Å². The number of aliphatic hydroxyl groups excluding tert-OH is 1. The van der Waals surface area contributed by atoms with E-state index < -0.39 is 6.17 Å². The molecule has 2 heteroatoms. The maximum absolute atomic E-state index is 14.2. The zero-order chi connectivity index (χ0) is 16.2. The van der Waals surface area contributed by atoms with Gasteiger partial charge in [-0.1, -0.05) is 58.3 Å². The molecule has 1 N–H and O–H groups in total. The molecule has 23 heavy (non-hydrogen) atoms. The molecular weight excluding hydrogens is 287 g/mol. The largest absolute Gasteiger partial charge is 0.393 e. The molecular formula is C21H37FO. The Bertz CT molecular complexity index is 342. The minimum atomic E-state index is -0.746. The van der Waals surface area contributed by atoms with Gasteiger partial charge >= 0.3 is 0 Å². The van der Waals surface area contributed by atoms with Gasteiger partial charge in [0.05, 0.1) is 6.10 Å². The van der Waals surface area contributed by atoms with Crippen molar-refractivity contribution < 1.29 is 9.50 Å². The third-order valence-corrected chi connectivity index (χ3v) is 7.41. The highest BCUT2D eigenvalue weighted by Crippen LogP contribution is 2.43. The molecule has 0 aromatic rings. The van der Waals surface area contributed by atoms with Crippen LogP contribution in [0.25, 0.3) is 0 Å². The summed E-state index contributed by atoms with van der Waals surface area (Å²) in [6.45, 7) is 2.40. The van der Waals surface area contributed by atoms with Gasteiger partial charge in [0.1, 0.15) is 6.17 Å². The fourth-order valence-electron chi connectivity index (χ4n) is 5.64. The van der Waals surface area contributed by atoms with Crippen LogP contribution in [0.1, 0.15) is 90.4 Å². The van der Waals surface area contributed by atoms with Gasteiger partial charge in [0, 0.05) is 6.42 Å². The highest BCUT2D eigenvalue weighted by atomic mass is 19.1. The molecule has 3 unspecified atom stereocenters. The summed E-state index contributed by atoms with van der Waals surface area (Å²) in [5.74, 6) is 3.73. The molecule has 0 aromatic heterocycles. The Morgan fingerprint density at radius 2 is 1.35 bits per heavy atom. The first-order valence-corrected chi connectivity index (χ1v) is 10.4. The first-order valence-electron chi connectivity index (χ1n) is 10.4. The van der Waals surface area contributed by atoms with Crippen molar-refractivity contribution in [2.45, 2.75) is 103 Å². The van der Waals surface area contributed by atoms with Crippen LogP contribution in [0, 0.1) is 29.6 Å². The second-order valence-corrected chi connectivity index (χ2v) is 9.13. The quantitative estimate of drug-likeness (QED) is 0.682. The Labute approximate surface area is 142 Å². The molecule has 3 aliphatic rings. The van der Waals surface area contributed by atoms with Crippen LogP contribution < -0.4 is 0 Å². The van der Waals surface area contributed by atoms with E-state index in [1.807, 2.05) is 0 Å². The number of aliphatic hydroxyl groups is 1. The lowest BCUT2D eigenvalue weighted by Crippen LogP contribution is -2.35. The van der Waals surface area contributed by atoms with Gasteiger partial charge in [-0.2, -0.15) is 0 Å². The normalized spacial score (nSPS) is 45.8.